The fourth-order valence-corrected chi connectivity index (χ4v) is 1.00. The molecule has 1 aromatic rings. The molecule has 0 atom stereocenters. The predicted octanol–water partition coefficient (Wildman–Crippen LogP) is 3.47. The average molecular weight is 216 g/mol. The third kappa shape index (κ3) is 1.64. The minimum Gasteiger partial charge on any atom is -0.226 e. The van der Waals surface area contributed by atoms with E-state index in [0.717, 1.165) is 6.20 Å². The first-order valence-electron chi connectivity index (χ1n) is 2.81. The number of rotatable bonds is 1. The molecule has 6 heteroatoms. The maximum atomic E-state index is 12.5. The summed E-state index contributed by atoms with van der Waals surface area (Å²) in [6.45, 7) is 0. The summed E-state index contributed by atoms with van der Waals surface area (Å²) in [5.41, 5.74) is -0.954. The SMILES string of the molecule is Fc1ncc(Cl)c(Cl)c1C(F)F. The molecule has 0 unspecified atom stereocenters. The number of pyridine rings is 1. The maximum Gasteiger partial charge on any atom is 0.269 e. The Bertz CT molecular complexity index is 303. The minimum absolute atomic E-state index is 0.187. The summed E-state index contributed by atoms with van der Waals surface area (Å²) in [5.74, 6) is -1.29. The number of hydrogen-bond acceptors (Lipinski definition) is 1. The van der Waals surface area contributed by atoms with Crippen molar-refractivity contribution < 1.29 is 13.2 Å². The van der Waals surface area contributed by atoms with Crippen molar-refractivity contribution in [1.29, 1.82) is 0 Å². The largest absolute Gasteiger partial charge is 0.269 e. The van der Waals surface area contributed by atoms with Gasteiger partial charge in [0.2, 0.25) is 5.95 Å². The molecule has 0 aromatic carbocycles. The van der Waals surface area contributed by atoms with Crippen LogP contribution in [0.2, 0.25) is 10.0 Å². The fraction of sp³-hybridized carbons (Fsp3) is 0.167. The molecule has 1 nitrogen and oxygen atoms in total. The van der Waals surface area contributed by atoms with E-state index < -0.39 is 23.0 Å². The number of nitrogens with zero attached hydrogens (tertiary/aromatic N) is 1. The molecular formula is C6H2Cl2F3N. The fourth-order valence-electron chi connectivity index (χ4n) is 0.645. The molecule has 1 heterocycles. The Labute approximate surface area is 76.1 Å². The lowest BCUT2D eigenvalue weighted by Crippen LogP contribution is -1.95. The Morgan fingerprint density at radius 3 is 2.33 bits per heavy atom. The van der Waals surface area contributed by atoms with Crippen LogP contribution in [0.1, 0.15) is 12.0 Å². The highest BCUT2D eigenvalue weighted by Gasteiger charge is 2.20. The molecule has 0 saturated carbocycles. The predicted molar refractivity (Wildman–Crippen MR) is 39.2 cm³/mol. The zero-order valence-electron chi connectivity index (χ0n) is 5.49. The van der Waals surface area contributed by atoms with Gasteiger partial charge >= 0.3 is 0 Å². The first-order chi connectivity index (χ1) is 5.54. The van der Waals surface area contributed by atoms with Crippen molar-refractivity contribution in [3.8, 4) is 0 Å². The Morgan fingerprint density at radius 2 is 1.92 bits per heavy atom. The molecule has 66 valence electrons. The lowest BCUT2D eigenvalue weighted by molar-refractivity contribution is 0.145. The van der Waals surface area contributed by atoms with E-state index in [2.05, 4.69) is 4.98 Å². The molecular weight excluding hydrogens is 214 g/mol. The Hall–Kier alpha value is -0.480. The second-order valence-corrected chi connectivity index (χ2v) is 2.71. The zero-order valence-corrected chi connectivity index (χ0v) is 7.00. The Kier molecular flexibility index (Phi) is 2.80. The van der Waals surface area contributed by atoms with E-state index in [1.165, 1.54) is 0 Å². The van der Waals surface area contributed by atoms with Crippen LogP contribution in [-0.4, -0.2) is 4.98 Å². The van der Waals surface area contributed by atoms with E-state index >= 15 is 0 Å². The van der Waals surface area contributed by atoms with Gasteiger partial charge in [0.1, 0.15) is 0 Å². The standard InChI is InChI=1S/C6H2Cl2F3N/c7-2-1-12-6(11)3(4(2)8)5(9)10/h1,5H. The summed E-state index contributed by atoms with van der Waals surface area (Å²) in [5, 5.41) is -0.674. The Balaban J connectivity index is 3.33. The van der Waals surface area contributed by atoms with Crippen LogP contribution < -0.4 is 0 Å². The summed E-state index contributed by atoms with van der Waals surface area (Å²) in [4.78, 5) is 3.00. The normalized spacial score (nSPS) is 10.8. The van der Waals surface area contributed by atoms with Crippen LogP contribution in [0.4, 0.5) is 13.2 Å². The van der Waals surface area contributed by atoms with Crippen LogP contribution in [0, 0.1) is 5.95 Å². The lowest BCUT2D eigenvalue weighted by atomic mass is 10.3. The van der Waals surface area contributed by atoms with E-state index in [1.807, 2.05) is 0 Å². The van der Waals surface area contributed by atoms with Gasteiger partial charge in [-0.2, -0.15) is 4.39 Å². The number of halogens is 5. The molecule has 0 aliphatic rings. The first-order valence-corrected chi connectivity index (χ1v) is 3.57. The van der Waals surface area contributed by atoms with Gasteiger partial charge in [-0.25, -0.2) is 13.8 Å². The third-order valence-corrected chi connectivity index (χ3v) is 1.97. The van der Waals surface area contributed by atoms with Crippen LogP contribution in [0.3, 0.4) is 0 Å². The topological polar surface area (TPSA) is 12.9 Å². The summed E-state index contributed by atoms with van der Waals surface area (Å²) >= 11 is 10.6. The van der Waals surface area contributed by atoms with Gasteiger partial charge in [0.25, 0.3) is 6.43 Å². The van der Waals surface area contributed by atoms with Crippen LogP contribution >= 0.6 is 23.2 Å². The van der Waals surface area contributed by atoms with E-state index in [4.69, 9.17) is 23.2 Å². The quantitative estimate of drug-likeness (QED) is 0.655. The first kappa shape index (κ1) is 9.61. The minimum atomic E-state index is -3.01. The van der Waals surface area contributed by atoms with Crippen molar-refractivity contribution in [2.45, 2.75) is 6.43 Å². The van der Waals surface area contributed by atoms with Crippen LogP contribution in [0.25, 0.3) is 0 Å². The third-order valence-electron chi connectivity index (χ3n) is 1.18. The smallest absolute Gasteiger partial charge is 0.226 e. The summed E-state index contributed by atoms with van der Waals surface area (Å²) < 4.78 is 36.6. The molecule has 0 N–H and O–H groups in total. The molecule has 1 aromatic heterocycles. The second kappa shape index (κ2) is 3.49. The van der Waals surface area contributed by atoms with Crippen LogP contribution in [0.15, 0.2) is 6.20 Å². The number of hydrogen-bond donors (Lipinski definition) is 0. The average Bonchev–Trinajstić information content (AvgIpc) is 1.97. The van der Waals surface area contributed by atoms with Gasteiger partial charge in [-0.15, -0.1) is 0 Å². The van der Waals surface area contributed by atoms with E-state index in [0.29, 0.717) is 0 Å². The summed E-state index contributed by atoms with van der Waals surface area (Å²) in [7, 11) is 0. The molecule has 0 fully saturated rings. The highest BCUT2D eigenvalue weighted by molar-refractivity contribution is 6.42. The Morgan fingerprint density at radius 1 is 1.33 bits per heavy atom. The van der Waals surface area contributed by atoms with Crippen LogP contribution in [0.5, 0.6) is 0 Å². The molecule has 0 saturated heterocycles. The zero-order chi connectivity index (χ0) is 9.30. The molecule has 0 radical (unpaired) electrons. The van der Waals surface area contributed by atoms with Crippen molar-refractivity contribution >= 4 is 23.2 Å². The van der Waals surface area contributed by atoms with Crippen molar-refractivity contribution in [3.63, 3.8) is 0 Å². The van der Waals surface area contributed by atoms with Crippen molar-refractivity contribution in [2.75, 3.05) is 0 Å². The van der Waals surface area contributed by atoms with Crippen molar-refractivity contribution in [3.05, 3.63) is 27.8 Å². The van der Waals surface area contributed by atoms with E-state index in [9.17, 15) is 13.2 Å². The van der Waals surface area contributed by atoms with Gasteiger partial charge in [0.15, 0.2) is 0 Å². The maximum absolute atomic E-state index is 12.5. The molecule has 12 heavy (non-hydrogen) atoms. The lowest BCUT2D eigenvalue weighted by Gasteiger charge is -2.03. The molecule has 0 aliphatic heterocycles. The van der Waals surface area contributed by atoms with Crippen molar-refractivity contribution in [1.82, 2.24) is 4.98 Å². The molecule has 0 amide bonds. The highest BCUT2D eigenvalue weighted by atomic mass is 35.5. The molecule has 0 aliphatic carbocycles. The van der Waals surface area contributed by atoms with Gasteiger partial charge in [-0.05, 0) is 0 Å². The van der Waals surface area contributed by atoms with E-state index in [1.54, 1.807) is 0 Å². The highest BCUT2D eigenvalue weighted by Crippen LogP contribution is 2.33. The van der Waals surface area contributed by atoms with Gasteiger partial charge in [-0.3, -0.25) is 0 Å². The van der Waals surface area contributed by atoms with E-state index in [-0.39, 0.29) is 5.02 Å². The van der Waals surface area contributed by atoms with Gasteiger partial charge in [0.05, 0.1) is 21.8 Å². The monoisotopic (exact) mass is 215 g/mol. The number of aromatic nitrogens is 1. The summed E-state index contributed by atoms with van der Waals surface area (Å²) in [6.07, 6.45) is -2.13. The summed E-state index contributed by atoms with van der Waals surface area (Å²) in [6, 6.07) is 0. The molecule has 0 spiro atoms. The molecule has 0 bridgehead atoms. The van der Waals surface area contributed by atoms with Gasteiger partial charge in [0, 0.05) is 0 Å². The van der Waals surface area contributed by atoms with Crippen LogP contribution in [-0.2, 0) is 0 Å². The van der Waals surface area contributed by atoms with Crippen molar-refractivity contribution in [2.24, 2.45) is 0 Å². The second-order valence-electron chi connectivity index (χ2n) is 1.93. The van der Waals surface area contributed by atoms with Gasteiger partial charge < -0.3 is 0 Å². The molecule has 1 rings (SSSR count). The van der Waals surface area contributed by atoms with Gasteiger partial charge in [-0.1, -0.05) is 23.2 Å². The number of alkyl halides is 2.